The van der Waals surface area contributed by atoms with E-state index in [1.807, 2.05) is 0 Å². The van der Waals surface area contributed by atoms with Crippen molar-refractivity contribution >= 4 is 46.7 Å². The predicted molar refractivity (Wildman–Crippen MR) is 98.9 cm³/mol. The molecule has 2 aromatic rings. The normalized spacial score (nSPS) is 14.0. The Labute approximate surface area is 164 Å². The lowest BCUT2D eigenvalue weighted by atomic mass is 9.95. The van der Waals surface area contributed by atoms with Crippen molar-refractivity contribution in [3.8, 4) is 5.88 Å². The highest BCUT2D eigenvalue weighted by Gasteiger charge is 2.40. The maximum absolute atomic E-state index is 12.3. The number of ether oxygens (including phenoxy) is 1. The van der Waals surface area contributed by atoms with Gasteiger partial charge in [0.05, 0.1) is 11.6 Å². The highest BCUT2D eigenvalue weighted by molar-refractivity contribution is 6.42. The van der Waals surface area contributed by atoms with Crippen LogP contribution in [0.2, 0.25) is 15.2 Å². The van der Waals surface area contributed by atoms with E-state index in [-0.39, 0.29) is 21.1 Å². The molecule has 0 saturated heterocycles. The SMILES string of the molecule is O=C(COc1nc(Cl)c(Cl)cc1Cl)C(O)(CO)/C(O)=C/c1ccccc1. The van der Waals surface area contributed by atoms with Gasteiger partial charge in [0.15, 0.2) is 11.8 Å². The smallest absolute Gasteiger partial charge is 0.234 e. The van der Waals surface area contributed by atoms with Crippen LogP contribution >= 0.6 is 34.8 Å². The number of carbonyl (C=O) groups is 1. The lowest BCUT2D eigenvalue weighted by Crippen LogP contribution is -2.47. The fourth-order valence-corrected chi connectivity index (χ4v) is 2.47. The van der Waals surface area contributed by atoms with E-state index in [1.54, 1.807) is 30.3 Å². The summed E-state index contributed by atoms with van der Waals surface area (Å²) in [6, 6.07) is 9.76. The van der Waals surface area contributed by atoms with Gasteiger partial charge in [0.1, 0.15) is 10.8 Å². The number of Topliss-reactive ketones (excluding diaryl/α,β-unsaturated/α-hetero) is 1. The highest BCUT2D eigenvalue weighted by Crippen LogP contribution is 2.30. The van der Waals surface area contributed by atoms with Crippen LogP contribution in [0.15, 0.2) is 42.2 Å². The Morgan fingerprint density at radius 2 is 1.85 bits per heavy atom. The van der Waals surface area contributed by atoms with Gasteiger partial charge in [0.25, 0.3) is 0 Å². The Hall–Kier alpha value is -1.83. The van der Waals surface area contributed by atoms with Crippen molar-refractivity contribution in [1.29, 1.82) is 0 Å². The molecule has 1 heterocycles. The van der Waals surface area contributed by atoms with Crippen LogP contribution in [0.3, 0.4) is 0 Å². The molecule has 6 nitrogen and oxygen atoms in total. The van der Waals surface area contributed by atoms with Gasteiger partial charge in [-0.25, -0.2) is 0 Å². The van der Waals surface area contributed by atoms with Gasteiger partial charge in [-0.1, -0.05) is 65.1 Å². The molecule has 138 valence electrons. The molecule has 0 spiro atoms. The predicted octanol–water partition coefficient (Wildman–Crippen LogP) is 3.31. The third kappa shape index (κ3) is 4.66. The first-order valence-electron chi connectivity index (χ1n) is 7.25. The first-order valence-corrected chi connectivity index (χ1v) is 8.38. The second-order valence-electron chi connectivity index (χ2n) is 5.22. The van der Waals surface area contributed by atoms with Gasteiger partial charge in [0, 0.05) is 0 Å². The molecule has 0 bridgehead atoms. The number of aromatic nitrogens is 1. The van der Waals surface area contributed by atoms with Crippen molar-refractivity contribution in [3.05, 3.63) is 62.9 Å². The van der Waals surface area contributed by atoms with Crippen LogP contribution < -0.4 is 4.74 Å². The number of carbonyl (C=O) groups excluding carboxylic acids is 1. The van der Waals surface area contributed by atoms with Crippen molar-refractivity contribution in [1.82, 2.24) is 4.98 Å². The van der Waals surface area contributed by atoms with E-state index in [2.05, 4.69) is 4.98 Å². The summed E-state index contributed by atoms with van der Waals surface area (Å²) < 4.78 is 5.14. The molecule has 0 aliphatic heterocycles. The molecule has 0 fully saturated rings. The van der Waals surface area contributed by atoms with Gasteiger partial charge >= 0.3 is 0 Å². The Bertz CT molecular complexity index is 829. The van der Waals surface area contributed by atoms with Crippen molar-refractivity contribution in [2.24, 2.45) is 0 Å². The summed E-state index contributed by atoms with van der Waals surface area (Å²) in [4.78, 5) is 16.1. The van der Waals surface area contributed by atoms with Crippen molar-refractivity contribution < 1.29 is 24.9 Å². The fourth-order valence-electron chi connectivity index (χ4n) is 1.92. The van der Waals surface area contributed by atoms with Gasteiger partial charge in [-0.2, -0.15) is 4.98 Å². The van der Waals surface area contributed by atoms with Crippen LogP contribution in [0.25, 0.3) is 6.08 Å². The van der Waals surface area contributed by atoms with Crippen LogP contribution in [0.4, 0.5) is 0 Å². The average Bonchev–Trinajstić information content (AvgIpc) is 2.63. The standard InChI is InChI=1S/C17H14Cl3NO5/c18-11-7-12(19)16(21-15(11)20)26-8-14(24)17(25,9-22)13(23)6-10-4-2-1-3-5-10/h1-7,22-23,25H,8-9H2/b13-6-. The number of pyridine rings is 1. The number of aliphatic hydroxyl groups excluding tert-OH is 2. The molecule has 0 aliphatic rings. The number of halogens is 3. The summed E-state index contributed by atoms with van der Waals surface area (Å²) in [6.07, 6.45) is 1.17. The minimum Gasteiger partial charge on any atom is -0.509 e. The summed E-state index contributed by atoms with van der Waals surface area (Å²) in [5.41, 5.74) is -2.02. The monoisotopic (exact) mass is 417 g/mol. The molecular formula is C17H14Cl3NO5. The van der Waals surface area contributed by atoms with Crippen LogP contribution in [0.1, 0.15) is 5.56 Å². The summed E-state index contributed by atoms with van der Waals surface area (Å²) in [5.74, 6) is -1.91. The van der Waals surface area contributed by atoms with Crippen LogP contribution in [0, 0.1) is 0 Å². The van der Waals surface area contributed by atoms with Crippen LogP contribution in [-0.4, -0.2) is 44.9 Å². The Morgan fingerprint density at radius 3 is 2.46 bits per heavy atom. The third-order valence-electron chi connectivity index (χ3n) is 3.41. The Kier molecular flexibility index (Phi) is 6.86. The zero-order valence-electron chi connectivity index (χ0n) is 13.2. The lowest BCUT2D eigenvalue weighted by Gasteiger charge is -2.23. The minimum atomic E-state index is -2.54. The lowest BCUT2D eigenvalue weighted by molar-refractivity contribution is -0.142. The molecule has 3 N–H and O–H groups in total. The van der Waals surface area contributed by atoms with Crippen LogP contribution in [0.5, 0.6) is 5.88 Å². The van der Waals surface area contributed by atoms with Crippen LogP contribution in [-0.2, 0) is 4.79 Å². The summed E-state index contributed by atoms with van der Waals surface area (Å²) in [5, 5.41) is 29.9. The molecular weight excluding hydrogens is 405 g/mol. The quantitative estimate of drug-likeness (QED) is 0.471. The third-order valence-corrected chi connectivity index (χ3v) is 4.36. The zero-order valence-corrected chi connectivity index (χ0v) is 15.5. The minimum absolute atomic E-state index is 0.00351. The number of hydrogen-bond donors (Lipinski definition) is 3. The van der Waals surface area contributed by atoms with E-state index < -0.39 is 30.4 Å². The number of aliphatic hydroxyl groups is 3. The molecule has 2 rings (SSSR count). The molecule has 0 radical (unpaired) electrons. The first kappa shape index (κ1) is 20.5. The number of ketones is 1. The number of nitrogens with zero attached hydrogens (tertiary/aromatic N) is 1. The van der Waals surface area contributed by atoms with Crippen molar-refractivity contribution in [3.63, 3.8) is 0 Å². The fraction of sp³-hybridized carbons (Fsp3) is 0.176. The Morgan fingerprint density at radius 1 is 1.19 bits per heavy atom. The van der Waals surface area contributed by atoms with E-state index in [4.69, 9.17) is 39.5 Å². The summed E-state index contributed by atoms with van der Waals surface area (Å²) in [6.45, 7) is -1.78. The second-order valence-corrected chi connectivity index (χ2v) is 6.39. The maximum atomic E-state index is 12.3. The van der Waals surface area contributed by atoms with E-state index in [0.29, 0.717) is 5.56 Å². The molecule has 0 saturated carbocycles. The molecule has 0 amide bonds. The van der Waals surface area contributed by atoms with E-state index >= 15 is 0 Å². The molecule has 1 unspecified atom stereocenters. The summed E-state index contributed by atoms with van der Waals surface area (Å²) >= 11 is 17.4. The number of rotatable bonds is 7. The molecule has 1 aromatic carbocycles. The average molecular weight is 419 g/mol. The van der Waals surface area contributed by atoms with E-state index in [1.165, 1.54) is 12.1 Å². The van der Waals surface area contributed by atoms with Gasteiger partial charge in [0.2, 0.25) is 17.3 Å². The molecule has 0 aliphatic carbocycles. The van der Waals surface area contributed by atoms with Crippen molar-refractivity contribution in [2.75, 3.05) is 13.2 Å². The molecule has 1 atom stereocenters. The summed E-state index contributed by atoms with van der Waals surface area (Å²) in [7, 11) is 0. The van der Waals surface area contributed by atoms with Crippen molar-refractivity contribution in [2.45, 2.75) is 5.60 Å². The van der Waals surface area contributed by atoms with Gasteiger partial charge < -0.3 is 20.1 Å². The molecule has 9 heteroatoms. The number of benzene rings is 1. The maximum Gasteiger partial charge on any atom is 0.234 e. The van der Waals surface area contributed by atoms with Gasteiger partial charge in [-0.05, 0) is 17.7 Å². The van der Waals surface area contributed by atoms with E-state index in [9.17, 15) is 20.1 Å². The number of hydrogen-bond acceptors (Lipinski definition) is 6. The van der Waals surface area contributed by atoms with E-state index in [0.717, 1.165) is 0 Å². The molecule has 26 heavy (non-hydrogen) atoms. The highest BCUT2D eigenvalue weighted by atomic mass is 35.5. The van der Waals surface area contributed by atoms with Gasteiger partial charge in [-0.15, -0.1) is 0 Å². The first-order chi connectivity index (χ1) is 12.3. The second kappa shape index (κ2) is 8.70. The molecule has 1 aromatic heterocycles. The Balaban J connectivity index is 2.17. The largest absolute Gasteiger partial charge is 0.509 e. The van der Waals surface area contributed by atoms with Gasteiger partial charge in [-0.3, -0.25) is 4.79 Å². The topological polar surface area (TPSA) is 99.9 Å². The zero-order chi connectivity index (χ0) is 19.3.